The summed E-state index contributed by atoms with van der Waals surface area (Å²) in [7, 11) is 0. The summed E-state index contributed by atoms with van der Waals surface area (Å²) in [5, 5.41) is 7.44. The molecule has 1 atom stereocenters. The summed E-state index contributed by atoms with van der Waals surface area (Å²) in [4.78, 5) is 24.9. The van der Waals surface area contributed by atoms with Gasteiger partial charge in [-0.15, -0.1) is 0 Å². The van der Waals surface area contributed by atoms with E-state index in [1.54, 1.807) is 10.7 Å². The van der Waals surface area contributed by atoms with Crippen LogP contribution in [0.3, 0.4) is 0 Å². The quantitative estimate of drug-likeness (QED) is 0.624. The van der Waals surface area contributed by atoms with Gasteiger partial charge in [0, 0.05) is 5.92 Å². The van der Waals surface area contributed by atoms with E-state index < -0.39 is 5.97 Å². The van der Waals surface area contributed by atoms with Gasteiger partial charge in [0.15, 0.2) is 12.3 Å². The summed E-state index contributed by atoms with van der Waals surface area (Å²) in [6.45, 7) is 1.55. The highest BCUT2D eigenvalue weighted by Crippen LogP contribution is 2.39. The van der Waals surface area contributed by atoms with Crippen LogP contribution >= 0.6 is 0 Å². The fourth-order valence-electron chi connectivity index (χ4n) is 3.20. The van der Waals surface area contributed by atoms with Crippen LogP contribution in [0.5, 0.6) is 0 Å². The van der Waals surface area contributed by atoms with Crippen molar-refractivity contribution in [2.75, 3.05) is 6.61 Å². The summed E-state index contributed by atoms with van der Waals surface area (Å²) in [6.07, 6.45) is 2.17. The third-order valence-corrected chi connectivity index (χ3v) is 4.95. The summed E-state index contributed by atoms with van der Waals surface area (Å²) < 4.78 is 6.89. The number of benzene rings is 2. The number of para-hydroxylation sites is 1. The van der Waals surface area contributed by atoms with Crippen molar-refractivity contribution >= 4 is 11.9 Å². The molecule has 1 aliphatic carbocycles. The molecule has 2 aromatic carbocycles. The first-order valence-electron chi connectivity index (χ1n) is 9.78. The van der Waals surface area contributed by atoms with Crippen molar-refractivity contribution in [3.8, 4) is 5.69 Å². The van der Waals surface area contributed by atoms with Crippen LogP contribution in [0.15, 0.2) is 66.7 Å². The highest BCUT2D eigenvalue weighted by atomic mass is 16.5. The lowest BCUT2D eigenvalue weighted by atomic mass is 10.1. The Bertz CT molecular complexity index is 995. The van der Waals surface area contributed by atoms with Gasteiger partial charge in [-0.05, 0) is 43.5 Å². The molecule has 1 heterocycles. The van der Waals surface area contributed by atoms with Crippen molar-refractivity contribution in [2.45, 2.75) is 31.7 Å². The van der Waals surface area contributed by atoms with E-state index in [1.165, 1.54) is 0 Å². The maximum absolute atomic E-state index is 12.7. The minimum absolute atomic E-state index is 0.168. The van der Waals surface area contributed by atoms with Gasteiger partial charge in [-0.25, -0.2) is 9.48 Å². The molecule has 29 heavy (non-hydrogen) atoms. The standard InChI is InChI=1S/C23H23N3O3/c1-16(17-8-4-2-5-9-17)24-22(27)15-29-23(28)21-14-20(18-12-13-18)25-26(21)19-10-6-3-7-11-19/h2-11,14,16,18H,12-13,15H2,1H3,(H,24,27)/t16-/m1/s1. The second kappa shape index (κ2) is 8.31. The average molecular weight is 389 g/mol. The predicted molar refractivity (Wildman–Crippen MR) is 109 cm³/mol. The largest absolute Gasteiger partial charge is 0.451 e. The third-order valence-electron chi connectivity index (χ3n) is 4.95. The van der Waals surface area contributed by atoms with E-state index in [1.807, 2.05) is 67.6 Å². The van der Waals surface area contributed by atoms with Crippen molar-refractivity contribution in [3.05, 3.63) is 83.7 Å². The fraction of sp³-hybridized carbons (Fsp3) is 0.261. The smallest absolute Gasteiger partial charge is 0.357 e. The normalized spacial score (nSPS) is 14.2. The second-order valence-corrected chi connectivity index (χ2v) is 7.25. The van der Waals surface area contributed by atoms with Gasteiger partial charge in [0.05, 0.1) is 17.4 Å². The Morgan fingerprint density at radius 2 is 1.76 bits per heavy atom. The lowest BCUT2D eigenvalue weighted by Crippen LogP contribution is -2.31. The van der Waals surface area contributed by atoms with Crippen molar-refractivity contribution in [1.29, 1.82) is 0 Å². The van der Waals surface area contributed by atoms with Gasteiger partial charge in [-0.3, -0.25) is 4.79 Å². The number of hydrogen-bond acceptors (Lipinski definition) is 4. The number of ether oxygens (including phenoxy) is 1. The van der Waals surface area contributed by atoms with Crippen LogP contribution in [0.25, 0.3) is 5.69 Å². The number of carbonyl (C=O) groups is 2. The van der Waals surface area contributed by atoms with E-state index in [0.717, 1.165) is 29.8 Å². The number of rotatable bonds is 7. The summed E-state index contributed by atoms with van der Waals surface area (Å²) in [5.74, 6) is -0.500. The number of hydrogen-bond donors (Lipinski definition) is 1. The van der Waals surface area contributed by atoms with Crippen molar-refractivity contribution < 1.29 is 14.3 Å². The van der Waals surface area contributed by atoms with Crippen LogP contribution in [0.1, 0.15) is 53.5 Å². The van der Waals surface area contributed by atoms with Crippen molar-refractivity contribution in [2.24, 2.45) is 0 Å². The van der Waals surface area contributed by atoms with Gasteiger partial charge in [0.25, 0.3) is 5.91 Å². The van der Waals surface area contributed by atoms with E-state index in [2.05, 4.69) is 10.4 Å². The van der Waals surface area contributed by atoms with Crippen LogP contribution in [-0.4, -0.2) is 28.3 Å². The molecule has 148 valence electrons. The molecule has 1 amide bonds. The Balaban J connectivity index is 1.42. The molecule has 0 unspecified atom stereocenters. The number of carbonyl (C=O) groups excluding carboxylic acids is 2. The Morgan fingerprint density at radius 1 is 1.10 bits per heavy atom. The Kier molecular flexibility index (Phi) is 5.42. The molecule has 0 spiro atoms. The van der Waals surface area contributed by atoms with E-state index in [4.69, 9.17) is 4.74 Å². The minimum Gasteiger partial charge on any atom is -0.451 e. The first-order chi connectivity index (χ1) is 14.1. The predicted octanol–water partition coefficient (Wildman–Crippen LogP) is 3.78. The maximum atomic E-state index is 12.7. The molecule has 0 radical (unpaired) electrons. The molecule has 0 saturated heterocycles. The molecule has 6 nitrogen and oxygen atoms in total. The molecule has 4 rings (SSSR count). The SMILES string of the molecule is C[C@@H](NC(=O)COC(=O)c1cc(C2CC2)nn1-c1ccccc1)c1ccccc1. The van der Waals surface area contributed by atoms with Crippen LogP contribution in [-0.2, 0) is 9.53 Å². The van der Waals surface area contributed by atoms with Crippen LogP contribution in [0, 0.1) is 0 Å². The molecular formula is C23H23N3O3. The maximum Gasteiger partial charge on any atom is 0.357 e. The molecule has 6 heteroatoms. The van der Waals surface area contributed by atoms with Gasteiger partial charge in [0.1, 0.15) is 0 Å². The van der Waals surface area contributed by atoms with Crippen LogP contribution in [0.2, 0.25) is 0 Å². The van der Waals surface area contributed by atoms with E-state index in [9.17, 15) is 9.59 Å². The summed E-state index contributed by atoms with van der Waals surface area (Å²) >= 11 is 0. The molecule has 1 aromatic heterocycles. The number of nitrogens with one attached hydrogen (secondary N) is 1. The first kappa shape index (κ1) is 18.9. The average Bonchev–Trinajstić information content (AvgIpc) is 3.51. The molecule has 0 aliphatic heterocycles. The lowest BCUT2D eigenvalue weighted by molar-refractivity contribution is -0.124. The molecule has 1 aliphatic rings. The molecule has 3 aromatic rings. The van der Waals surface area contributed by atoms with Crippen LogP contribution < -0.4 is 5.32 Å². The minimum atomic E-state index is -0.559. The molecule has 0 bridgehead atoms. The van der Waals surface area contributed by atoms with E-state index in [0.29, 0.717) is 11.6 Å². The summed E-state index contributed by atoms with van der Waals surface area (Å²) in [6, 6.07) is 20.7. The fourth-order valence-corrected chi connectivity index (χ4v) is 3.20. The second-order valence-electron chi connectivity index (χ2n) is 7.25. The van der Waals surface area contributed by atoms with E-state index >= 15 is 0 Å². The third kappa shape index (κ3) is 4.54. The number of amides is 1. The molecule has 1 saturated carbocycles. The van der Waals surface area contributed by atoms with Crippen LogP contribution in [0.4, 0.5) is 0 Å². The zero-order valence-corrected chi connectivity index (χ0v) is 16.2. The van der Waals surface area contributed by atoms with Crippen molar-refractivity contribution in [1.82, 2.24) is 15.1 Å². The van der Waals surface area contributed by atoms with Gasteiger partial charge in [-0.1, -0.05) is 48.5 Å². The highest BCUT2D eigenvalue weighted by Gasteiger charge is 2.29. The van der Waals surface area contributed by atoms with Gasteiger partial charge < -0.3 is 10.1 Å². The zero-order chi connectivity index (χ0) is 20.2. The number of nitrogens with zero attached hydrogens (tertiary/aromatic N) is 2. The Hall–Kier alpha value is -3.41. The number of esters is 1. The highest BCUT2D eigenvalue weighted by molar-refractivity contribution is 5.90. The molecular weight excluding hydrogens is 366 g/mol. The Morgan fingerprint density at radius 3 is 2.41 bits per heavy atom. The number of aromatic nitrogens is 2. The molecule has 1 fully saturated rings. The van der Waals surface area contributed by atoms with Crippen molar-refractivity contribution in [3.63, 3.8) is 0 Å². The first-order valence-corrected chi connectivity index (χ1v) is 9.78. The van der Waals surface area contributed by atoms with E-state index in [-0.39, 0.29) is 18.6 Å². The molecule has 1 N–H and O–H groups in total. The Labute approximate surface area is 169 Å². The zero-order valence-electron chi connectivity index (χ0n) is 16.2. The topological polar surface area (TPSA) is 73.2 Å². The summed E-state index contributed by atoms with van der Waals surface area (Å²) in [5.41, 5.74) is 3.00. The van der Waals surface area contributed by atoms with Gasteiger partial charge >= 0.3 is 5.97 Å². The van der Waals surface area contributed by atoms with Gasteiger partial charge in [0.2, 0.25) is 0 Å². The lowest BCUT2D eigenvalue weighted by Gasteiger charge is -2.14. The monoisotopic (exact) mass is 389 g/mol. The van der Waals surface area contributed by atoms with Gasteiger partial charge in [-0.2, -0.15) is 5.10 Å².